The van der Waals surface area contributed by atoms with Crippen molar-refractivity contribution in [3.8, 4) is 0 Å². The maximum Gasteiger partial charge on any atom is 0.313 e. The van der Waals surface area contributed by atoms with Crippen molar-refractivity contribution in [3.63, 3.8) is 0 Å². The highest BCUT2D eigenvalue weighted by Crippen LogP contribution is 2.17. The van der Waals surface area contributed by atoms with E-state index in [1.165, 1.54) is 0 Å². The molecule has 6 heteroatoms. The molecule has 1 aromatic rings. The van der Waals surface area contributed by atoms with Crippen LogP contribution in [0, 0.1) is 0 Å². The second kappa shape index (κ2) is 9.41. The van der Waals surface area contributed by atoms with Crippen LogP contribution in [-0.4, -0.2) is 46.5 Å². The van der Waals surface area contributed by atoms with Crippen LogP contribution in [0.4, 0.5) is 5.69 Å². The second-order valence-corrected chi connectivity index (χ2v) is 5.54. The van der Waals surface area contributed by atoms with Gasteiger partial charge in [-0.3, -0.25) is 14.5 Å². The minimum atomic E-state index is -0.908. The summed E-state index contributed by atoms with van der Waals surface area (Å²) in [6.07, 6.45) is 0. The first-order valence-corrected chi connectivity index (χ1v) is 8.11. The molecule has 0 unspecified atom stereocenters. The molecule has 0 radical (unpaired) electrons. The number of carboxylic acid groups (broad SMARTS) is 1. The third-order valence-electron chi connectivity index (χ3n) is 3.04. The molecule has 0 aliphatic carbocycles. The van der Waals surface area contributed by atoms with Crippen LogP contribution in [0.25, 0.3) is 0 Å². The lowest BCUT2D eigenvalue weighted by atomic mass is 10.1. The van der Waals surface area contributed by atoms with Crippen molar-refractivity contribution >= 4 is 29.3 Å². The smallest absolute Gasteiger partial charge is 0.313 e. The largest absolute Gasteiger partial charge is 0.481 e. The highest BCUT2D eigenvalue weighted by Gasteiger charge is 2.09. The number of rotatable bonds is 9. The number of carboxylic acids is 1. The number of hydrogen-bond donors (Lipinski definition) is 2. The number of carbonyl (C=O) groups excluding carboxylic acids is 1. The van der Waals surface area contributed by atoms with Gasteiger partial charge in [-0.25, -0.2) is 0 Å². The van der Waals surface area contributed by atoms with Gasteiger partial charge in [-0.2, -0.15) is 0 Å². The van der Waals surface area contributed by atoms with Crippen LogP contribution in [0.3, 0.4) is 0 Å². The standard InChI is InChI=1S/C15H22N2O3S/c1-3-17(4-2)9-12-7-5-6-8-13(12)16-14(18)10-21-11-15(19)20/h5-8H,3-4,9-11H2,1-2H3,(H,16,18)(H,19,20). The van der Waals surface area contributed by atoms with E-state index in [9.17, 15) is 9.59 Å². The molecule has 5 nitrogen and oxygen atoms in total. The topological polar surface area (TPSA) is 69.6 Å². The van der Waals surface area contributed by atoms with Crippen LogP contribution in [0.1, 0.15) is 19.4 Å². The van der Waals surface area contributed by atoms with E-state index in [4.69, 9.17) is 5.11 Å². The van der Waals surface area contributed by atoms with Gasteiger partial charge in [0, 0.05) is 12.2 Å². The third kappa shape index (κ3) is 6.64. The number of nitrogens with zero attached hydrogens (tertiary/aromatic N) is 1. The van der Waals surface area contributed by atoms with E-state index in [0.29, 0.717) is 0 Å². The molecule has 0 aliphatic rings. The Hall–Kier alpha value is -1.53. The molecule has 21 heavy (non-hydrogen) atoms. The molecule has 0 bridgehead atoms. The van der Waals surface area contributed by atoms with Gasteiger partial charge in [0.1, 0.15) is 0 Å². The molecular weight excluding hydrogens is 288 g/mol. The summed E-state index contributed by atoms with van der Waals surface area (Å²) in [6.45, 7) is 6.90. The van der Waals surface area contributed by atoms with Crippen molar-refractivity contribution in [1.29, 1.82) is 0 Å². The highest BCUT2D eigenvalue weighted by molar-refractivity contribution is 8.00. The fourth-order valence-corrected chi connectivity index (χ4v) is 2.42. The van der Waals surface area contributed by atoms with Gasteiger partial charge in [-0.05, 0) is 24.7 Å². The van der Waals surface area contributed by atoms with Gasteiger partial charge in [0.2, 0.25) is 5.91 Å². The molecule has 0 saturated heterocycles. The SMILES string of the molecule is CCN(CC)Cc1ccccc1NC(=O)CSCC(=O)O. The Bertz CT molecular complexity index is 476. The number of hydrogen-bond acceptors (Lipinski definition) is 4. The first kappa shape index (κ1) is 17.5. The van der Waals surface area contributed by atoms with Gasteiger partial charge >= 0.3 is 5.97 Å². The number of anilines is 1. The zero-order valence-electron chi connectivity index (χ0n) is 12.5. The van der Waals surface area contributed by atoms with E-state index in [-0.39, 0.29) is 17.4 Å². The van der Waals surface area contributed by atoms with Crippen molar-refractivity contribution in [2.75, 3.05) is 29.9 Å². The second-order valence-electron chi connectivity index (χ2n) is 4.55. The van der Waals surface area contributed by atoms with Crippen LogP contribution < -0.4 is 5.32 Å². The summed E-state index contributed by atoms with van der Waals surface area (Å²) in [6, 6.07) is 7.70. The molecule has 2 N–H and O–H groups in total. The zero-order valence-corrected chi connectivity index (χ0v) is 13.3. The molecule has 0 fully saturated rings. The Morgan fingerprint density at radius 1 is 1.19 bits per heavy atom. The van der Waals surface area contributed by atoms with Crippen LogP contribution >= 0.6 is 11.8 Å². The summed E-state index contributed by atoms with van der Waals surface area (Å²) in [5.74, 6) is -0.997. The minimum Gasteiger partial charge on any atom is -0.481 e. The van der Waals surface area contributed by atoms with Gasteiger partial charge in [0.05, 0.1) is 11.5 Å². The van der Waals surface area contributed by atoms with Gasteiger partial charge in [0.25, 0.3) is 0 Å². The normalized spacial score (nSPS) is 10.6. The average molecular weight is 310 g/mol. The number of thioether (sulfide) groups is 1. The fraction of sp³-hybridized carbons (Fsp3) is 0.467. The molecule has 0 saturated carbocycles. The molecule has 1 aromatic carbocycles. The number of nitrogens with one attached hydrogen (secondary N) is 1. The molecular formula is C15H22N2O3S. The van der Waals surface area contributed by atoms with E-state index in [0.717, 1.165) is 42.6 Å². The van der Waals surface area contributed by atoms with Crippen molar-refractivity contribution < 1.29 is 14.7 Å². The van der Waals surface area contributed by atoms with Gasteiger partial charge in [-0.1, -0.05) is 32.0 Å². The Morgan fingerprint density at radius 3 is 2.48 bits per heavy atom. The molecule has 0 aromatic heterocycles. The Morgan fingerprint density at radius 2 is 1.86 bits per heavy atom. The number of amides is 1. The summed E-state index contributed by atoms with van der Waals surface area (Å²) in [7, 11) is 0. The van der Waals surface area contributed by atoms with Crippen molar-refractivity contribution in [2.24, 2.45) is 0 Å². The Kier molecular flexibility index (Phi) is 7.85. The van der Waals surface area contributed by atoms with Crippen LogP contribution in [0.2, 0.25) is 0 Å². The van der Waals surface area contributed by atoms with E-state index in [2.05, 4.69) is 24.1 Å². The quantitative estimate of drug-likeness (QED) is 0.732. The lowest BCUT2D eigenvalue weighted by Gasteiger charge is -2.20. The fourth-order valence-electron chi connectivity index (χ4n) is 1.89. The molecule has 1 rings (SSSR count). The summed E-state index contributed by atoms with van der Waals surface area (Å²) in [4.78, 5) is 24.5. The molecule has 116 valence electrons. The highest BCUT2D eigenvalue weighted by atomic mass is 32.2. The van der Waals surface area contributed by atoms with Crippen molar-refractivity contribution in [2.45, 2.75) is 20.4 Å². The van der Waals surface area contributed by atoms with E-state index < -0.39 is 5.97 Å². The van der Waals surface area contributed by atoms with E-state index >= 15 is 0 Å². The predicted octanol–water partition coefficient (Wildman–Crippen LogP) is 2.28. The predicted molar refractivity (Wildman–Crippen MR) is 86.7 cm³/mol. The Labute approximate surface area is 129 Å². The third-order valence-corrected chi connectivity index (χ3v) is 3.96. The van der Waals surface area contributed by atoms with E-state index in [1.54, 1.807) is 0 Å². The zero-order chi connectivity index (χ0) is 15.7. The van der Waals surface area contributed by atoms with Crippen LogP contribution in [-0.2, 0) is 16.1 Å². The van der Waals surface area contributed by atoms with Crippen molar-refractivity contribution in [3.05, 3.63) is 29.8 Å². The molecule has 0 atom stereocenters. The van der Waals surface area contributed by atoms with Crippen LogP contribution in [0.15, 0.2) is 24.3 Å². The summed E-state index contributed by atoms with van der Waals surface area (Å²) < 4.78 is 0. The molecule has 0 spiro atoms. The van der Waals surface area contributed by atoms with Gasteiger partial charge < -0.3 is 10.4 Å². The summed E-state index contributed by atoms with van der Waals surface area (Å²) in [5.41, 5.74) is 1.86. The minimum absolute atomic E-state index is 0.0610. The molecule has 0 heterocycles. The van der Waals surface area contributed by atoms with E-state index in [1.807, 2.05) is 24.3 Å². The molecule has 0 aliphatic heterocycles. The monoisotopic (exact) mass is 310 g/mol. The van der Waals surface area contributed by atoms with Gasteiger partial charge in [-0.15, -0.1) is 11.8 Å². The Balaban J connectivity index is 2.61. The lowest BCUT2D eigenvalue weighted by Crippen LogP contribution is -2.23. The number of aliphatic carboxylic acids is 1. The maximum absolute atomic E-state index is 11.8. The first-order chi connectivity index (χ1) is 10.1. The molecule has 1 amide bonds. The summed E-state index contributed by atoms with van der Waals surface area (Å²) in [5, 5.41) is 11.4. The number of benzene rings is 1. The average Bonchev–Trinajstić information content (AvgIpc) is 2.46. The van der Waals surface area contributed by atoms with Crippen molar-refractivity contribution in [1.82, 2.24) is 4.90 Å². The lowest BCUT2D eigenvalue weighted by molar-refractivity contribution is -0.133. The number of para-hydroxylation sites is 1. The maximum atomic E-state index is 11.8. The number of carbonyl (C=O) groups is 2. The first-order valence-electron chi connectivity index (χ1n) is 6.96. The summed E-state index contributed by atoms with van der Waals surface area (Å²) >= 11 is 1.10. The van der Waals surface area contributed by atoms with Crippen LogP contribution in [0.5, 0.6) is 0 Å². The van der Waals surface area contributed by atoms with Gasteiger partial charge in [0.15, 0.2) is 0 Å².